The van der Waals surface area contributed by atoms with Crippen LogP contribution in [0.4, 0.5) is 0 Å². The molecule has 1 aliphatic heterocycles. The molecule has 1 unspecified atom stereocenters. The number of halogens is 1. The normalized spacial score (nSPS) is 19.7. The maximum atomic E-state index is 6.30. The molecule has 0 saturated carbocycles. The van der Waals surface area contributed by atoms with E-state index in [0.29, 0.717) is 11.8 Å². The number of hydrogen-bond donors (Lipinski definition) is 1. The average molecular weight is 318 g/mol. The number of aromatic nitrogens is 2. The number of aromatic amines is 1. The van der Waals surface area contributed by atoms with Crippen LogP contribution in [0.5, 0.6) is 0 Å². The van der Waals surface area contributed by atoms with Crippen LogP contribution >= 0.6 is 11.6 Å². The van der Waals surface area contributed by atoms with E-state index < -0.39 is 0 Å². The van der Waals surface area contributed by atoms with Crippen molar-refractivity contribution in [2.45, 2.75) is 45.1 Å². The molecule has 0 radical (unpaired) electrons. The molecule has 0 amide bonds. The maximum absolute atomic E-state index is 6.30. The number of benzene rings is 1. The van der Waals surface area contributed by atoms with Crippen molar-refractivity contribution in [2.75, 3.05) is 13.1 Å². The van der Waals surface area contributed by atoms with Crippen LogP contribution in [0.2, 0.25) is 5.02 Å². The van der Waals surface area contributed by atoms with Crippen molar-refractivity contribution >= 4 is 11.6 Å². The van der Waals surface area contributed by atoms with E-state index in [0.717, 1.165) is 24.7 Å². The third kappa shape index (κ3) is 3.36. The Balaban J connectivity index is 1.72. The molecule has 0 spiro atoms. The van der Waals surface area contributed by atoms with Gasteiger partial charge in [-0.2, -0.15) is 5.10 Å². The minimum absolute atomic E-state index is 0.521. The fourth-order valence-electron chi connectivity index (χ4n) is 3.39. The fourth-order valence-corrected chi connectivity index (χ4v) is 3.59. The van der Waals surface area contributed by atoms with Gasteiger partial charge in [0.2, 0.25) is 0 Å². The Labute approximate surface area is 137 Å². The highest BCUT2D eigenvalue weighted by Gasteiger charge is 2.25. The Morgan fingerprint density at radius 2 is 2.18 bits per heavy atom. The molecular formula is C18H24ClN3. The number of H-pyrrole nitrogens is 1. The standard InChI is InChI=1S/C18H24ClN3/c1-13(2)16-10-20-21-18(16)15-7-5-9-22(12-15)11-14-6-3-4-8-17(14)19/h3-4,6,8,10,13,15H,5,7,9,11-12H2,1-2H3,(H,20,21). The molecule has 118 valence electrons. The summed E-state index contributed by atoms with van der Waals surface area (Å²) in [5.41, 5.74) is 3.92. The molecule has 2 aromatic rings. The van der Waals surface area contributed by atoms with Crippen LogP contribution in [-0.4, -0.2) is 28.2 Å². The van der Waals surface area contributed by atoms with Crippen LogP contribution in [0, 0.1) is 0 Å². The number of nitrogens with zero attached hydrogens (tertiary/aromatic N) is 2. The molecule has 2 heterocycles. The summed E-state index contributed by atoms with van der Waals surface area (Å²) < 4.78 is 0. The summed E-state index contributed by atoms with van der Waals surface area (Å²) in [5, 5.41) is 8.40. The molecule has 3 rings (SSSR count). The van der Waals surface area contributed by atoms with E-state index in [1.807, 2.05) is 18.3 Å². The first-order valence-electron chi connectivity index (χ1n) is 8.14. The number of piperidine rings is 1. The lowest BCUT2D eigenvalue weighted by atomic mass is 9.89. The first-order chi connectivity index (χ1) is 10.6. The van der Waals surface area contributed by atoms with Gasteiger partial charge in [0.05, 0.1) is 6.20 Å². The van der Waals surface area contributed by atoms with Gasteiger partial charge in [-0.05, 0) is 42.5 Å². The molecule has 1 atom stereocenters. The molecule has 4 heteroatoms. The van der Waals surface area contributed by atoms with Gasteiger partial charge >= 0.3 is 0 Å². The Kier molecular flexibility index (Phi) is 4.84. The number of hydrogen-bond acceptors (Lipinski definition) is 2. The van der Waals surface area contributed by atoms with E-state index in [1.165, 1.54) is 29.7 Å². The number of nitrogens with one attached hydrogen (secondary N) is 1. The van der Waals surface area contributed by atoms with Crippen LogP contribution in [-0.2, 0) is 6.54 Å². The van der Waals surface area contributed by atoms with Crippen molar-refractivity contribution < 1.29 is 0 Å². The Bertz CT molecular complexity index is 620. The highest BCUT2D eigenvalue weighted by atomic mass is 35.5. The second-order valence-electron chi connectivity index (χ2n) is 6.56. The topological polar surface area (TPSA) is 31.9 Å². The summed E-state index contributed by atoms with van der Waals surface area (Å²) >= 11 is 6.30. The van der Waals surface area contributed by atoms with E-state index in [1.54, 1.807) is 0 Å². The van der Waals surface area contributed by atoms with E-state index in [2.05, 4.69) is 41.1 Å². The van der Waals surface area contributed by atoms with Crippen LogP contribution < -0.4 is 0 Å². The van der Waals surface area contributed by atoms with Crippen molar-refractivity contribution in [3.8, 4) is 0 Å². The Morgan fingerprint density at radius 3 is 2.95 bits per heavy atom. The highest BCUT2D eigenvalue weighted by Crippen LogP contribution is 2.31. The van der Waals surface area contributed by atoms with E-state index in [4.69, 9.17) is 11.6 Å². The second kappa shape index (κ2) is 6.84. The molecule has 0 bridgehead atoms. The van der Waals surface area contributed by atoms with Crippen LogP contribution in [0.15, 0.2) is 30.5 Å². The zero-order valence-corrected chi connectivity index (χ0v) is 14.1. The smallest absolute Gasteiger partial charge is 0.0524 e. The average Bonchev–Trinajstić information content (AvgIpc) is 3.00. The minimum Gasteiger partial charge on any atom is -0.298 e. The predicted octanol–water partition coefficient (Wildman–Crippen LogP) is 4.57. The van der Waals surface area contributed by atoms with Crippen molar-refractivity contribution in [3.63, 3.8) is 0 Å². The molecule has 22 heavy (non-hydrogen) atoms. The van der Waals surface area contributed by atoms with Crippen molar-refractivity contribution in [2.24, 2.45) is 0 Å². The van der Waals surface area contributed by atoms with Crippen LogP contribution in [0.3, 0.4) is 0 Å². The lowest BCUT2D eigenvalue weighted by Crippen LogP contribution is -2.34. The monoisotopic (exact) mass is 317 g/mol. The SMILES string of the molecule is CC(C)c1cn[nH]c1C1CCCN(Cc2ccccc2Cl)C1. The third-order valence-corrected chi connectivity index (χ3v) is 4.96. The van der Waals surface area contributed by atoms with Gasteiger partial charge in [-0.3, -0.25) is 10.00 Å². The molecule has 1 aromatic carbocycles. The molecule has 1 saturated heterocycles. The van der Waals surface area contributed by atoms with Gasteiger partial charge < -0.3 is 0 Å². The first-order valence-corrected chi connectivity index (χ1v) is 8.52. The van der Waals surface area contributed by atoms with E-state index in [-0.39, 0.29) is 0 Å². The second-order valence-corrected chi connectivity index (χ2v) is 6.97. The van der Waals surface area contributed by atoms with E-state index in [9.17, 15) is 0 Å². The largest absolute Gasteiger partial charge is 0.298 e. The fraction of sp³-hybridized carbons (Fsp3) is 0.500. The summed E-state index contributed by atoms with van der Waals surface area (Å²) in [7, 11) is 0. The number of rotatable bonds is 4. The van der Waals surface area contributed by atoms with Crippen LogP contribution in [0.1, 0.15) is 55.3 Å². The van der Waals surface area contributed by atoms with E-state index >= 15 is 0 Å². The third-order valence-electron chi connectivity index (χ3n) is 4.59. The summed E-state index contributed by atoms with van der Waals surface area (Å²) in [6.45, 7) is 7.62. The molecular weight excluding hydrogens is 294 g/mol. The molecule has 1 N–H and O–H groups in total. The van der Waals surface area contributed by atoms with Gasteiger partial charge in [0, 0.05) is 29.7 Å². The van der Waals surface area contributed by atoms with Crippen molar-refractivity contribution in [1.82, 2.24) is 15.1 Å². The summed E-state index contributed by atoms with van der Waals surface area (Å²) in [5.74, 6) is 1.07. The lowest BCUT2D eigenvalue weighted by molar-refractivity contribution is 0.198. The Morgan fingerprint density at radius 1 is 1.36 bits per heavy atom. The Hall–Kier alpha value is -1.32. The van der Waals surface area contributed by atoms with Gasteiger partial charge in [0.25, 0.3) is 0 Å². The highest BCUT2D eigenvalue weighted by molar-refractivity contribution is 6.31. The van der Waals surface area contributed by atoms with Crippen molar-refractivity contribution in [1.29, 1.82) is 0 Å². The molecule has 0 aliphatic carbocycles. The lowest BCUT2D eigenvalue weighted by Gasteiger charge is -2.33. The van der Waals surface area contributed by atoms with Crippen LogP contribution in [0.25, 0.3) is 0 Å². The maximum Gasteiger partial charge on any atom is 0.0524 e. The minimum atomic E-state index is 0.521. The summed E-state index contributed by atoms with van der Waals surface area (Å²) in [6.07, 6.45) is 4.46. The predicted molar refractivity (Wildman–Crippen MR) is 91.4 cm³/mol. The molecule has 3 nitrogen and oxygen atoms in total. The summed E-state index contributed by atoms with van der Waals surface area (Å²) in [6, 6.07) is 8.16. The molecule has 1 aromatic heterocycles. The first kappa shape index (κ1) is 15.6. The quantitative estimate of drug-likeness (QED) is 0.896. The van der Waals surface area contributed by atoms with Gasteiger partial charge in [-0.15, -0.1) is 0 Å². The zero-order valence-electron chi connectivity index (χ0n) is 13.3. The molecule has 1 aliphatic rings. The summed E-state index contributed by atoms with van der Waals surface area (Å²) in [4.78, 5) is 2.51. The van der Waals surface area contributed by atoms with Crippen molar-refractivity contribution in [3.05, 3.63) is 52.3 Å². The number of likely N-dealkylation sites (tertiary alicyclic amines) is 1. The van der Waals surface area contributed by atoms with Gasteiger partial charge in [-0.25, -0.2) is 0 Å². The van der Waals surface area contributed by atoms with Gasteiger partial charge in [0.1, 0.15) is 0 Å². The molecule has 1 fully saturated rings. The van der Waals surface area contributed by atoms with Gasteiger partial charge in [0.15, 0.2) is 0 Å². The zero-order chi connectivity index (χ0) is 15.5. The van der Waals surface area contributed by atoms with Gasteiger partial charge in [-0.1, -0.05) is 43.6 Å².